The summed E-state index contributed by atoms with van der Waals surface area (Å²) >= 11 is 0. The van der Waals surface area contributed by atoms with E-state index in [1.165, 1.54) is 5.56 Å². The van der Waals surface area contributed by atoms with Gasteiger partial charge in [-0.2, -0.15) is 0 Å². The molecule has 0 saturated carbocycles. The summed E-state index contributed by atoms with van der Waals surface area (Å²) in [5, 5.41) is 15.2. The molecule has 0 amide bonds. The van der Waals surface area contributed by atoms with Crippen molar-refractivity contribution in [2.24, 2.45) is 4.99 Å². The molecular weight excluding hydrogens is 495 g/mol. The minimum absolute atomic E-state index is 0. The molecule has 2 heterocycles. The molecule has 0 spiro atoms. The maximum absolute atomic E-state index is 5.97. The van der Waals surface area contributed by atoms with Crippen LogP contribution in [0.4, 0.5) is 0 Å². The molecule has 1 aliphatic rings. The highest BCUT2D eigenvalue weighted by molar-refractivity contribution is 14.0. The van der Waals surface area contributed by atoms with Crippen molar-refractivity contribution in [3.05, 3.63) is 41.0 Å². The van der Waals surface area contributed by atoms with Crippen LogP contribution in [-0.4, -0.2) is 47.6 Å². The smallest absolute Gasteiger partial charge is 0.191 e. The van der Waals surface area contributed by atoms with E-state index in [4.69, 9.17) is 14.5 Å². The number of aromatic nitrogens is 3. The number of rotatable bonds is 10. The standard InChI is InChI=1S/C21H32N6O2.HI/c1-4-22-21(24-15-20-26-25-19-7-5-10-27(19)20)23-14-17-9-8-16(2)13-18(17)29-12-6-11-28-3;/h8-9,13H,4-7,10-12,14-15H2,1-3H3,(H2,22,23,24);1H. The Kier molecular flexibility index (Phi) is 10.4. The molecule has 9 heteroatoms. The summed E-state index contributed by atoms with van der Waals surface area (Å²) in [6.45, 7) is 8.38. The Balaban J connectivity index is 0.00000320. The van der Waals surface area contributed by atoms with Gasteiger partial charge in [0.15, 0.2) is 11.8 Å². The van der Waals surface area contributed by atoms with Crippen LogP contribution in [-0.2, 0) is 30.8 Å². The van der Waals surface area contributed by atoms with Gasteiger partial charge in [-0.1, -0.05) is 12.1 Å². The topological polar surface area (TPSA) is 85.6 Å². The van der Waals surface area contributed by atoms with E-state index < -0.39 is 0 Å². The molecule has 30 heavy (non-hydrogen) atoms. The molecule has 0 atom stereocenters. The molecule has 0 aliphatic carbocycles. The highest BCUT2D eigenvalue weighted by Gasteiger charge is 2.17. The van der Waals surface area contributed by atoms with Crippen LogP contribution in [0.3, 0.4) is 0 Å². The molecule has 0 bridgehead atoms. The molecule has 1 aromatic carbocycles. The van der Waals surface area contributed by atoms with Gasteiger partial charge in [0, 0.05) is 45.2 Å². The first-order chi connectivity index (χ1) is 14.2. The number of halogens is 1. The zero-order valence-electron chi connectivity index (χ0n) is 18.1. The summed E-state index contributed by atoms with van der Waals surface area (Å²) in [7, 11) is 1.70. The van der Waals surface area contributed by atoms with Gasteiger partial charge in [-0.05, 0) is 31.9 Å². The second kappa shape index (κ2) is 12.7. The van der Waals surface area contributed by atoms with Gasteiger partial charge in [0.2, 0.25) is 0 Å². The second-order valence-electron chi connectivity index (χ2n) is 7.14. The van der Waals surface area contributed by atoms with Crippen molar-refractivity contribution >= 4 is 29.9 Å². The lowest BCUT2D eigenvalue weighted by atomic mass is 10.1. The first-order valence-electron chi connectivity index (χ1n) is 10.4. The number of benzene rings is 1. The monoisotopic (exact) mass is 528 g/mol. The molecule has 166 valence electrons. The first-order valence-corrected chi connectivity index (χ1v) is 10.4. The maximum Gasteiger partial charge on any atom is 0.191 e. The largest absolute Gasteiger partial charge is 0.493 e. The molecule has 0 saturated heterocycles. The average Bonchev–Trinajstić information content (AvgIpc) is 3.33. The Labute approximate surface area is 195 Å². The minimum Gasteiger partial charge on any atom is -0.493 e. The third kappa shape index (κ3) is 6.83. The van der Waals surface area contributed by atoms with Gasteiger partial charge in [0.1, 0.15) is 11.6 Å². The van der Waals surface area contributed by atoms with Crippen LogP contribution >= 0.6 is 24.0 Å². The van der Waals surface area contributed by atoms with E-state index in [0.29, 0.717) is 26.3 Å². The lowest BCUT2D eigenvalue weighted by molar-refractivity contribution is 0.172. The van der Waals surface area contributed by atoms with E-state index >= 15 is 0 Å². The summed E-state index contributed by atoms with van der Waals surface area (Å²) in [5.41, 5.74) is 2.23. The predicted octanol–water partition coefficient (Wildman–Crippen LogP) is 2.82. The summed E-state index contributed by atoms with van der Waals surface area (Å²) < 4.78 is 13.3. The predicted molar refractivity (Wildman–Crippen MR) is 129 cm³/mol. The van der Waals surface area contributed by atoms with E-state index in [0.717, 1.165) is 61.3 Å². The second-order valence-corrected chi connectivity index (χ2v) is 7.14. The van der Waals surface area contributed by atoms with Gasteiger partial charge >= 0.3 is 0 Å². The van der Waals surface area contributed by atoms with Crippen LogP contribution in [0.1, 0.15) is 42.5 Å². The van der Waals surface area contributed by atoms with Crippen molar-refractivity contribution in [3.8, 4) is 5.75 Å². The minimum atomic E-state index is 0. The molecule has 3 rings (SSSR count). The van der Waals surface area contributed by atoms with E-state index in [1.807, 2.05) is 0 Å². The quantitative estimate of drug-likeness (QED) is 0.214. The Morgan fingerprint density at radius 1 is 1.23 bits per heavy atom. The number of methoxy groups -OCH3 is 1. The molecule has 1 aliphatic heterocycles. The summed E-state index contributed by atoms with van der Waals surface area (Å²) in [5.74, 6) is 3.68. The Hall–Kier alpha value is -1.88. The number of aryl methyl sites for hydroxylation is 2. The average molecular weight is 528 g/mol. The fourth-order valence-corrected chi connectivity index (χ4v) is 3.32. The molecule has 8 nitrogen and oxygen atoms in total. The first kappa shape index (κ1) is 24.4. The SMILES string of the molecule is CCNC(=NCc1ccc(C)cc1OCCCOC)NCc1nnc2n1CCC2.I. The van der Waals surface area contributed by atoms with Crippen LogP contribution in [0.2, 0.25) is 0 Å². The van der Waals surface area contributed by atoms with Crippen molar-refractivity contribution in [1.82, 2.24) is 25.4 Å². The van der Waals surface area contributed by atoms with Gasteiger partial charge < -0.3 is 24.7 Å². The zero-order valence-corrected chi connectivity index (χ0v) is 20.4. The molecule has 0 radical (unpaired) electrons. The van der Waals surface area contributed by atoms with Gasteiger partial charge in [-0.15, -0.1) is 34.2 Å². The number of fused-ring (bicyclic) bond motifs is 1. The normalized spacial score (nSPS) is 13.0. The summed E-state index contributed by atoms with van der Waals surface area (Å²) in [6, 6.07) is 6.24. The lowest BCUT2D eigenvalue weighted by Gasteiger charge is -2.14. The van der Waals surface area contributed by atoms with E-state index in [-0.39, 0.29) is 24.0 Å². The van der Waals surface area contributed by atoms with Crippen LogP contribution in [0.15, 0.2) is 23.2 Å². The van der Waals surface area contributed by atoms with Crippen LogP contribution < -0.4 is 15.4 Å². The zero-order chi connectivity index (χ0) is 20.5. The van der Waals surface area contributed by atoms with Gasteiger partial charge in [-0.3, -0.25) is 0 Å². The van der Waals surface area contributed by atoms with Crippen molar-refractivity contribution < 1.29 is 9.47 Å². The fraction of sp³-hybridized carbons (Fsp3) is 0.571. The fourth-order valence-electron chi connectivity index (χ4n) is 3.32. The highest BCUT2D eigenvalue weighted by atomic mass is 127. The molecule has 2 aromatic rings. The molecule has 2 N–H and O–H groups in total. The Morgan fingerprint density at radius 2 is 2.10 bits per heavy atom. The van der Waals surface area contributed by atoms with Crippen molar-refractivity contribution in [1.29, 1.82) is 0 Å². The van der Waals surface area contributed by atoms with Crippen molar-refractivity contribution in [2.75, 3.05) is 26.9 Å². The van der Waals surface area contributed by atoms with Crippen LogP contribution in [0.5, 0.6) is 5.75 Å². The third-order valence-electron chi connectivity index (χ3n) is 4.82. The molecule has 1 aromatic heterocycles. The van der Waals surface area contributed by atoms with Gasteiger partial charge in [-0.25, -0.2) is 4.99 Å². The van der Waals surface area contributed by atoms with E-state index in [1.54, 1.807) is 7.11 Å². The van der Waals surface area contributed by atoms with Crippen LogP contribution in [0, 0.1) is 6.92 Å². The van der Waals surface area contributed by atoms with Gasteiger partial charge in [0.05, 0.1) is 19.7 Å². The van der Waals surface area contributed by atoms with E-state index in [2.05, 4.69) is 57.4 Å². The lowest BCUT2D eigenvalue weighted by Crippen LogP contribution is -2.37. The summed E-state index contributed by atoms with van der Waals surface area (Å²) in [6.07, 6.45) is 3.02. The number of guanidine groups is 1. The highest BCUT2D eigenvalue weighted by Crippen LogP contribution is 2.21. The maximum atomic E-state index is 5.97. The van der Waals surface area contributed by atoms with Gasteiger partial charge in [0.25, 0.3) is 0 Å². The molecule has 0 fully saturated rings. The van der Waals surface area contributed by atoms with Crippen LogP contribution in [0.25, 0.3) is 0 Å². The number of aliphatic imine (C=N–C) groups is 1. The number of hydrogen-bond donors (Lipinski definition) is 2. The number of hydrogen-bond acceptors (Lipinski definition) is 5. The number of nitrogens with zero attached hydrogens (tertiary/aromatic N) is 4. The number of nitrogens with one attached hydrogen (secondary N) is 2. The molecular formula is C21H33IN6O2. The number of ether oxygens (including phenoxy) is 2. The van der Waals surface area contributed by atoms with E-state index in [9.17, 15) is 0 Å². The molecule has 0 unspecified atom stereocenters. The van der Waals surface area contributed by atoms with Crippen molar-refractivity contribution in [3.63, 3.8) is 0 Å². The summed E-state index contributed by atoms with van der Waals surface area (Å²) in [4.78, 5) is 4.74. The third-order valence-corrected chi connectivity index (χ3v) is 4.82. The van der Waals surface area contributed by atoms with Crippen molar-refractivity contribution in [2.45, 2.75) is 52.7 Å². The Bertz CT molecular complexity index is 824. The Morgan fingerprint density at radius 3 is 2.90 bits per heavy atom.